The van der Waals surface area contributed by atoms with Gasteiger partial charge in [0.25, 0.3) is 0 Å². The Hall–Kier alpha value is -3.22. The van der Waals surface area contributed by atoms with Gasteiger partial charge in [-0.3, -0.25) is 10.3 Å². The predicted molar refractivity (Wildman–Crippen MR) is 89.8 cm³/mol. The number of rotatable bonds is 4. The third-order valence-corrected chi connectivity index (χ3v) is 3.17. The molecule has 116 valence electrons. The van der Waals surface area contributed by atoms with Gasteiger partial charge in [0.2, 0.25) is 0 Å². The maximum absolute atomic E-state index is 11.6. The Balaban J connectivity index is 1.88. The van der Waals surface area contributed by atoms with Crippen LogP contribution in [-0.4, -0.2) is 27.5 Å². The van der Waals surface area contributed by atoms with Gasteiger partial charge in [-0.25, -0.2) is 14.8 Å². The van der Waals surface area contributed by atoms with Crippen molar-refractivity contribution in [3.8, 4) is 0 Å². The van der Waals surface area contributed by atoms with Crippen molar-refractivity contribution in [1.82, 2.24) is 20.3 Å². The molecule has 2 amide bonds. The first-order chi connectivity index (χ1) is 11.3. The highest BCUT2D eigenvalue weighted by Gasteiger charge is 2.06. The van der Waals surface area contributed by atoms with Crippen molar-refractivity contribution >= 4 is 34.1 Å². The van der Waals surface area contributed by atoms with Gasteiger partial charge in [-0.15, -0.1) is 0 Å². The highest BCUT2D eigenvalue weighted by molar-refractivity contribution is 5.97. The largest absolute Gasteiger partial charge is 0.338 e. The van der Waals surface area contributed by atoms with E-state index in [-0.39, 0.29) is 6.03 Å². The van der Waals surface area contributed by atoms with Gasteiger partial charge < -0.3 is 10.6 Å². The van der Waals surface area contributed by atoms with Crippen LogP contribution in [0.2, 0.25) is 0 Å². The van der Waals surface area contributed by atoms with Gasteiger partial charge in [0.1, 0.15) is 11.6 Å². The third-order valence-electron chi connectivity index (χ3n) is 3.17. The Morgan fingerprint density at radius 1 is 1.13 bits per heavy atom. The molecule has 1 aromatic carbocycles. The molecule has 0 aliphatic carbocycles. The summed E-state index contributed by atoms with van der Waals surface area (Å²) < 4.78 is 0. The first-order valence-corrected chi connectivity index (χ1v) is 7.23. The summed E-state index contributed by atoms with van der Waals surface area (Å²) in [7, 11) is 0. The van der Waals surface area contributed by atoms with E-state index in [9.17, 15) is 4.79 Å². The van der Waals surface area contributed by atoms with Crippen molar-refractivity contribution in [3.63, 3.8) is 0 Å². The molecule has 7 nitrogen and oxygen atoms in total. The monoisotopic (exact) mass is 308 g/mol. The van der Waals surface area contributed by atoms with E-state index in [0.29, 0.717) is 18.2 Å². The Morgan fingerprint density at radius 2 is 2.04 bits per heavy atom. The van der Waals surface area contributed by atoms with Gasteiger partial charge in [0, 0.05) is 36.2 Å². The lowest BCUT2D eigenvalue weighted by Crippen LogP contribution is -2.28. The number of aromatic nitrogens is 3. The minimum atomic E-state index is -0.270. The van der Waals surface area contributed by atoms with Crippen molar-refractivity contribution in [1.29, 1.82) is 0 Å². The number of pyridine rings is 1. The maximum atomic E-state index is 11.6. The van der Waals surface area contributed by atoms with E-state index >= 15 is 0 Å². The van der Waals surface area contributed by atoms with E-state index in [4.69, 9.17) is 0 Å². The van der Waals surface area contributed by atoms with Crippen molar-refractivity contribution < 1.29 is 4.79 Å². The van der Waals surface area contributed by atoms with E-state index in [1.807, 2.05) is 31.2 Å². The van der Waals surface area contributed by atoms with Crippen LogP contribution < -0.4 is 16.0 Å². The SMILES string of the molecule is CCNC(=O)Nc1cc2cccc(Nc3cnccn3)c2cn1. The number of fused-ring (bicyclic) bond motifs is 1. The first kappa shape index (κ1) is 14.7. The summed E-state index contributed by atoms with van der Waals surface area (Å²) in [5, 5.41) is 10.5. The first-order valence-electron chi connectivity index (χ1n) is 7.23. The molecule has 23 heavy (non-hydrogen) atoms. The Kier molecular flexibility index (Phi) is 4.28. The quantitative estimate of drug-likeness (QED) is 0.689. The summed E-state index contributed by atoms with van der Waals surface area (Å²) >= 11 is 0. The highest BCUT2D eigenvalue weighted by atomic mass is 16.2. The second kappa shape index (κ2) is 6.69. The van der Waals surface area contributed by atoms with Crippen LogP contribution in [-0.2, 0) is 0 Å². The summed E-state index contributed by atoms with van der Waals surface area (Å²) in [6.45, 7) is 2.42. The molecule has 0 saturated carbocycles. The molecule has 0 atom stereocenters. The maximum Gasteiger partial charge on any atom is 0.320 e. The van der Waals surface area contributed by atoms with Gasteiger partial charge >= 0.3 is 6.03 Å². The van der Waals surface area contributed by atoms with Crippen molar-refractivity contribution in [2.24, 2.45) is 0 Å². The van der Waals surface area contributed by atoms with Crippen LogP contribution in [0.25, 0.3) is 10.8 Å². The molecular formula is C16H16N6O. The van der Waals surface area contributed by atoms with Crippen LogP contribution in [0.4, 0.5) is 22.1 Å². The minimum absolute atomic E-state index is 0.270. The number of nitrogens with one attached hydrogen (secondary N) is 3. The van der Waals surface area contributed by atoms with E-state index in [2.05, 4.69) is 30.9 Å². The average Bonchev–Trinajstić information content (AvgIpc) is 2.56. The Morgan fingerprint density at radius 3 is 2.83 bits per heavy atom. The van der Waals surface area contributed by atoms with E-state index in [1.54, 1.807) is 24.8 Å². The van der Waals surface area contributed by atoms with E-state index in [1.165, 1.54) is 0 Å². The number of hydrogen-bond acceptors (Lipinski definition) is 5. The van der Waals surface area contributed by atoms with Crippen LogP contribution in [0.3, 0.4) is 0 Å². The molecular weight excluding hydrogens is 292 g/mol. The second-order valence-electron chi connectivity index (χ2n) is 4.80. The molecule has 0 saturated heterocycles. The van der Waals surface area contributed by atoms with Crippen LogP contribution in [0, 0.1) is 0 Å². The Labute approximate surface area is 133 Å². The number of carbonyl (C=O) groups is 1. The van der Waals surface area contributed by atoms with Crippen LogP contribution in [0.1, 0.15) is 6.92 Å². The number of benzene rings is 1. The van der Waals surface area contributed by atoms with Crippen molar-refractivity contribution in [2.75, 3.05) is 17.2 Å². The molecule has 0 bridgehead atoms. The number of hydrogen-bond donors (Lipinski definition) is 3. The molecule has 0 fully saturated rings. The molecule has 0 spiro atoms. The molecule has 3 aromatic rings. The Bertz CT molecular complexity index is 821. The molecule has 3 rings (SSSR count). The average molecular weight is 308 g/mol. The van der Waals surface area contributed by atoms with Gasteiger partial charge in [-0.05, 0) is 24.4 Å². The fourth-order valence-corrected chi connectivity index (χ4v) is 2.17. The number of amides is 2. The smallest absolute Gasteiger partial charge is 0.320 e. The zero-order valence-corrected chi connectivity index (χ0v) is 12.6. The lowest BCUT2D eigenvalue weighted by Gasteiger charge is -2.10. The summed E-state index contributed by atoms with van der Waals surface area (Å²) in [6, 6.07) is 7.38. The molecule has 2 heterocycles. The number of urea groups is 1. The van der Waals surface area contributed by atoms with Gasteiger partial charge in [-0.1, -0.05) is 12.1 Å². The normalized spacial score (nSPS) is 10.3. The molecule has 0 aliphatic heterocycles. The van der Waals surface area contributed by atoms with Crippen LogP contribution in [0.5, 0.6) is 0 Å². The van der Waals surface area contributed by atoms with E-state index in [0.717, 1.165) is 16.5 Å². The number of anilines is 3. The molecule has 7 heteroatoms. The summed E-state index contributed by atoms with van der Waals surface area (Å²) in [5.41, 5.74) is 0.875. The predicted octanol–water partition coefficient (Wildman–Crippen LogP) is 2.91. The highest BCUT2D eigenvalue weighted by Crippen LogP contribution is 2.26. The van der Waals surface area contributed by atoms with E-state index < -0.39 is 0 Å². The molecule has 0 radical (unpaired) electrons. The summed E-state index contributed by atoms with van der Waals surface area (Å²) in [6.07, 6.45) is 6.61. The number of carbonyl (C=O) groups excluding carboxylic acids is 1. The number of nitrogens with zero attached hydrogens (tertiary/aromatic N) is 3. The van der Waals surface area contributed by atoms with Crippen molar-refractivity contribution in [2.45, 2.75) is 6.92 Å². The molecule has 0 aliphatic rings. The zero-order valence-electron chi connectivity index (χ0n) is 12.6. The van der Waals surface area contributed by atoms with Gasteiger partial charge in [-0.2, -0.15) is 0 Å². The fraction of sp³-hybridized carbons (Fsp3) is 0.125. The van der Waals surface area contributed by atoms with Gasteiger partial charge in [0.05, 0.1) is 6.20 Å². The standard InChI is InChI=1S/C16H16N6O/c1-2-18-16(23)22-14-8-11-4-3-5-13(12(11)9-20-14)21-15-10-17-6-7-19-15/h3-10H,2H2,1H3,(H,19,21)(H2,18,20,22,23). The minimum Gasteiger partial charge on any atom is -0.338 e. The fourth-order valence-electron chi connectivity index (χ4n) is 2.17. The summed E-state index contributed by atoms with van der Waals surface area (Å²) in [5.74, 6) is 1.16. The molecule has 3 N–H and O–H groups in total. The molecule has 2 aromatic heterocycles. The molecule has 0 unspecified atom stereocenters. The topological polar surface area (TPSA) is 91.8 Å². The van der Waals surface area contributed by atoms with Crippen molar-refractivity contribution in [3.05, 3.63) is 49.1 Å². The summed E-state index contributed by atoms with van der Waals surface area (Å²) in [4.78, 5) is 24.1. The lowest BCUT2D eigenvalue weighted by atomic mass is 10.1. The second-order valence-corrected chi connectivity index (χ2v) is 4.80. The van der Waals surface area contributed by atoms with Crippen LogP contribution in [0.15, 0.2) is 49.1 Å². The van der Waals surface area contributed by atoms with Gasteiger partial charge in [0.15, 0.2) is 0 Å². The lowest BCUT2D eigenvalue weighted by molar-refractivity contribution is 0.252. The third kappa shape index (κ3) is 3.52. The van der Waals surface area contributed by atoms with Crippen LogP contribution >= 0.6 is 0 Å². The zero-order chi connectivity index (χ0) is 16.1.